The van der Waals surface area contributed by atoms with Crippen LogP contribution in [0.1, 0.15) is 12.1 Å². The van der Waals surface area contributed by atoms with Crippen molar-refractivity contribution in [3.63, 3.8) is 0 Å². The van der Waals surface area contributed by atoms with E-state index in [1.54, 1.807) is 0 Å². The minimum absolute atomic E-state index is 0.177. The monoisotopic (exact) mass is 256 g/mol. The Hall–Kier alpha value is -1.37. The van der Waals surface area contributed by atoms with Gasteiger partial charge in [-0.3, -0.25) is 0 Å². The van der Waals surface area contributed by atoms with Crippen LogP contribution in [0.25, 0.3) is 0 Å². The van der Waals surface area contributed by atoms with Gasteiger partial charge in [-0.1, -0.05) is 0 Å². The lowest BCUT2D eigenvalue weighted by Gasteiger charge is -2.21. The quantitative estimate of drug-likeness (QED) is 0.760. The molecule has 2 rings (SSSR count). The molecule has 1 aromatic rings. The number of aryl methyl sites for hydroxylation is 1. The number of nitrogens with two attached hydrogens (primary N) is 1. The van der Waals surface area contributed by atoms with Crippen LogP contribution < -0.4 is 10.6 Å². The van der Waals surface area contributed by atoms with E-state index in [4.69, 9.17) is 5.73 Å². The number of sulfone groups is 1. The van der Waals surface area contributed by atoms with Crippen molar-refractivity contribution in [2.45, 2.75) is 13.3 Å². The number of rotatable bonds is 1. The summed E-state index contributed by atoms with van der Waals surface area (Å²) >= 11 is 0. The summed E-state index contributed by atoms with van der Waals surface area (Å²) in [5.41, 5.74) is 6.38. The maximum atomic E-state index is 11.5. The van der Waals surface area contributed by atoms with E-state index in [0.717, 1.165) is 5.69 Å². The molecule has 1 aliphatic rings. The molecule has 2 heterocycles. The smallest absolute Gasteiger partial charge is 0.222 e. The maximum Gasteiger partial charge on any atom is 0.222 e. The Morgan fingerprint density at radius 1 is 1.29 bits per heavy atom. The Morgan fingerprint density at radius 3 is 2.76 bits per heavy atom. The highest BCUT2D eigenvalue weighted by Crippen LogP contribution is 2.16. The average molecular weight is 256 g/mol. The first-order valence-corrected chi connectivity index (χ1v) is 7.35. The molecule has 1 fully saturated rings. The molecule has 0 atom stereocenters. The van der Waals surface area contributed by atoms with Gasteiger partial charge in [0.25, 0.3) is 0 Å². The molecule has 17 heavy (non-hydrogen) atoms. The van der Waals surface area contributed by atoms with Gasteiger partial charge in [-0.25, -0.2) is 13.4 Å². The van der Waals surface area contributed by atoms with Gasteiger partial charge in [0.15, 0.2) is 9.84 Å². The normalized spacial score (nSPS) is 19.9. The zero-order valence-electron chi connectivity index (χ0n) is 9.76. The lowest BCUT2D eigenvalue weighted by Crippen LogP contribution is -2.28. The van der Waals surface area contributed by atoms with E-state index < -0.39 is 9.84 Å². The fourth-order valence-electron chi connectivity index (χ4n) is 1.90. The van der Waals surface area contributed by atoms with Crippen LogP contribution in [0.4, 0.5) is 11.8 Å². The summed E-state index contributed by atoms with van der Waals surface area (Å²) in [4.78, 5) is 10.1. The largest absolute Gasteiger partial charge is 0.368 e. The summed E-state index contributed by atoms with van der Waals surface area (Å²) < 4.78 is 23.0. The molecule has 0 saturated carbocycles. The zero-order chi connectivity index (χ0) is 12.5. The van der Waals surface area contributed by atoms with E-state index in [1.165, 1.54) is 0 Å². The van der Waals surface area contributed by atoms with Gasteiger partial charge in [-0.05, 0) is 13.3 Å². The van der Waals surface area contributed by atoms with Gasteiger partial charge in [-0.15, -0.1) is 0 Å². The highest BCUT2D eigenvalue weighted by atomic mass is 32.2. The third-order valence-electron chi connectivity index (χ3n) is 2.74. The summed E-state index contributed by atoms with van der Waals surface area (Å²) in [7, 11) is -2.90. The number of nitrogens with zero attached hydrogens (tertiary/aromatic N) is 3. The first-order valence-electron chi connectivity index (χ1n) is 5.53. The Morgan fingerprint density at radius 2 is 2.06 bits per heavy atom. The number of aromatic nitrogens is 2. The molecule has 94 valence electrons. The predicted molar refractivity (Wildman–Crippen MR) is 66.7 cm³/mol. The van der Waals surface area contributed by atoms with Gasteiger partial charge in [-0.2, -0.15) is 4.98 Å². The number of hydrogen-bond donors (Lipinski definition) is 1. The molecular weight excluding hydrogens is 240 g/mol. The summed E-state index contributed by atoms with van der Waals surface area (Å²) in [6.07, 6.45) is 0.630. The molecule has 7 heteroatoms. The second-order valence-electron chi connectivity index (χ2n) is 4.22. The lowest BCUT2D eigenvalue weighted by molar-refractivity contribution is 0.597. The highest BCUT2D eigenvalue weighted by Gasteiger charge is 2.20. The molecule has 0 amide bonds. The Kier molecular flexibility index (Phi) is 3.19. The summed E-state index contributed by atoms with van der Waals surface area (Å²) in [5.74, 6) is 1.37. The molecule has 6 nitrogen and oxygen atoms in total. The van der Waals surface area contributed by atoms with E-state index in [1.807, 2.05) is 17.9 Å². The van der Waals surface area contributed by atoms with Gasteiger partial charge in [0.1, 0.15) is 5.82 Å². The summed E-state index contributed by atoms with van der Waals surface area (Å²) in [6.45, 7) is 3.00. The molecule has 1 aliphatic heterocycles. The Balaban J connectivity index is 2.22. The maximum absolute atomic E-state index is 11.5. The molecule has 0 spiro atoms. The Labute approximate surface area is 101 Å². The van der Waals surface area contributed by atoms with Crippen LogP contribution in [-0.4, -0.2) is 43.0 Å². The second-order valence-corrected chi connectivity index (χ2v) is 6.52. The SMILES string of the molecule is Cc1cc(N2CCCS(=O)(=O)CC2)nc(N)n1. The van der Waals surface area contributed by atoms with E-state index in [9.17, 15) is 8.42 Å². The van der Waals surface area contributed by atoms with Crippen molar-refractivity contribution in [3.05, 3.63) is 11.8 Å². The highest BCUT2D eigenvalue weighted by molar-refractivity contribution is 7.91. The van der Waals surface area contributed by atoms with Gasteiger partial charge in [0.05, 0.1) is 11.5 Å². The number of hydrogen-bond acceptors (Lipinski definition) is 6. The number of anilines is 2. The van der Waals surface area contributed by atoms with Crippen LogP contribution in [0.2, 0.25) is 0 Å². The minimum atomic E-state index is -2.90. The first-order chi connectivity index (χ1) is 7.96. The van der Waals surface area contributed by atoms with Crippen LogP contribution in [0.15, 0.2) is 6.07 Å². The third-order valence-corrected chi connectivity index (χ3v) is 4.45. The first kappa shape index (κ1) is 12.1. The molecule has 1 saturated heterocycles. The van der Waals surface area contributed by atoms with Crippen molar-refractivity contribution in [2.75, 3.05) is 35.2 Å². The van der Waals surface area contributed by atoms with E-state index in [2.05, 4.69) is 9.97 Å². The minimum Gasteiger partial charge on any atom is -0.368 e. The van der Waals surface area contributed by atoms with Crippen LogP contribution >= 0.6 is 0 Å². The van der Waals surface area contributed by atoms with Crippen molar-refractivity contribution in [1.29, 1.82) is 0 Å². The summed E-state index contributed by atoms with van der Waals surface area (Å²) in [5, 5.41) is 0. The summed E-state index contributed by atoms with van der Waals surface area (Å²) in [6, 6.07) is 1.83. The molecule has 0 radical (unpaired) electrons. The van der Waals surface area contributed by atoms with E-state index in [-0.39, 0.29) is 17.5 Å². The fraction of sp³-hybridized carbons (Fsp3) is 0.600. The fourth-order valence-corrected chi connectivity index (χ4v) is 3.18. The van der Waals surface area contributed by atoms with Gasteiger partial charge < -0.3 is 10.6 Å². The van der Waals surface area contributed by atoms with Gasteiger partial charge in [0, 0.05) is 24.8 Å². The molecular formula is C10H16N4O2S. The molecule has 2 N–H and O–H groups in total. The predicted octanol–water partition coefficient (Wildman–Crippen LogP) is -0.00788. The topological polar surface area (TPSA) is 89.2 Å². The van der Waals surface area contributed by atoms with Crippen LogP contribution in [0.3, 0.4) is 0 Å². The third kappa shape index (κ3) is 3.06. The standard InChI is InChI=1S/C10H16N4O2S/c1-8-7-9(13-10(11)12-8)14-3-2-5-17(15,16)6-4-14/h7H,2-6H2,1H3,(H2,11,12,13). The van der Waals surface area contributed by atoms with Crippen molar-refractivity contribution in [1.82, 2.24) is 9.97 Å². The average Bonchev–Trinajstić information content (AvgIpc) is 2.38. The van der Waals surface area contributed by atoms with Crippen molar-refractivity contribution in [3.8, 4) is 0 Å². The molecule has 0 bridgehead atoms. The molecule has 0 unspecified atom stereocenters. The van der Waals surface area contributed by atoms with E-state index in [0.29, 0.717) is 25.3 Å². The van der Waals surface area contributed by atoms with Crippen LogP contribution in [-0.2, 0) is 9.84 Å². The zero-order valence-corrected chi connectivity index (χ0v) is 10.6. The van der Waals surface area contributed by atoms with Crippen LogP contribution in [0, 0.1) is 6.92 Å². The van der Waals surface area contributed by atoms with E-state index >= 15 is 0 Å². The Bertz CT molecular complexity index is 495. The lowest BCUT2D eigenvalue weighted by atomic mass is 10.3. The second kappa shape index (κ2) is 4.48. The van der Waals surface area contributed by atoms with Gasteiger partial charge in [0.2, 0.25) is 5.95 Å². The number of nitrogen functional groups attached to an aromatic ring is 1. The molecule has 1 aromatic heterocycles. The van der Waals surface area contributed by atoms with Crippen molar-refractivity contribution >= 4 is 21.6 Å². The molecule has 0 aromatic carbocycles. The molecule has 0 aliphatic carbocycles. The van der Waals surface area contributed by atoms with Crippen LogP contribution in [0.5, 0.6) is 0 Å². The van der Waals surface area contributed by atoms with Crippen molar-refractivity contribution < 1.29 is 8.42 Å². The van der Waals surface area contributed by atoms with Crippen molar-refractivity contribution in [2.24, 2.45) is 0 Å². The van der Waals surface area contributed by atoms with Gasteiger partial charge >= 0.3 is 0 Å².